The van der Waals surface area contributed by atoms with Crippen molar-refractivity contribution in [3.05, 3.63) is 18.0 Å². The van der Waals surface area contributed by atoms with Crippen molar-refractivity contribution in [1.29, 1.82) is 0 Å². The minimum absolute atomic E-state index is 0.314. The Hall–Kier alpha value is -1.78. The molecule has 1 amide bonds. The van der Waals surface area contributed by atoms with Gasteiger partial charge in [-0.25, -0.2) is 0 Å². The van der Waals surface area contributed by atoms with Gasteiger partial charge in [0.25, 0.3) is 0 Å². The molecule has 4 N–H and O–H groups in total. The lowest BCUT2D eigenvalue weighted by Crippen LogP contribution is -2.30. The third-order valence-corrected chi connectivity index (χ3v) is 4.11. The summed E-state index contributed by atoms with van der Waals surface area (Å²) in [5.74, 6) is 1.12. The zero-order valence-corrected chi connectivity index (χ0v) is 11.0. The molecule has 0 aromatic carbocycles. The van der Waals surface area contributed by atoms with Gasteiger partial charge in [-0.15, -0.1) is 0 Å². The van der Waals surface area contributed by atoms with Gasteiger partial charge >= 0.3 is 0 Å². The maximum Gasteiger partial charge on any atom is 0.225 e. The normalized spacial score (nSPS) is 22.7. The van der Waals surface area contributed by atoms with Crippen molar-refractivity contribution in [1.82, 2.24) is 9.88 Å². The molecular formula is C14H20N4O. The summed E-state index contributed by atoms with van der Waals surface area (Å²) in [5.41, 5.74) is 13.8. The van der Waals surface area contributed by atoms with Gasteiger partial charge in [0.15, 0.2) is 0 Å². The minimum Gasteiger partial charge on any atom is -0.397 e. The van der Waals surface area contributed by atoms with Gasteiger partial charge in [-0.2, -0.15) is 0 Å². The number of rotatable bonds is 3. The fourth-order valence-electron chi connectivity index (χ4n) is 2.76. The van der Waals surface area contributed by atoms with E-state index in [-0.39, 0.29) is 0 Å². The lowest BCUT2D eigenvalue weighted by molar-refractivity contribution is -0.131. The smallest absolute Gasteiger partial charge is 0.225 e. The van der Waals surface area contributed by atoms with Crippen LogP contribution in [-0.2, 0) is 11.2 Å². The zero-order chi connectivity index (χ0) is 13.4. The van der Waals surface area contributed by atoms with E-state index < -0.39 is 0 Å². The Labute approximate surface area is 113 Å². The highest BCUT2D eigenvalue weighted by molar-refractivity contribution is 5.81. The molecule has 0 spiro atoms. The van der Waals surface area contributed by atoms with Crippen molar-refractivity contribution in [2.75, 3.05) is 24.6 Å². The van der Waals surface area contributed by atoms with Crippen molar-refractivity contribution in [3.8, 4) is 0 Å². The number of nitrogens with zero attached hydrogens (tertiary/aromatic N) is 2. The van der Waals surface area contributed by atoms with Gasteiger partial charge in [-0.1, -0.05) is 0 Å². The van der Waals surface area contributed by atoms with Crippen LogP contribution in [0.5, 0.6) is 0 Å². The zero-order valence-electron chi connectivity index (χ0n) is 11.0. The summed E-state index contributed by atoms with van der Waals surface area (Å²) >= 11 is 0. The fraction of sp³-hybridized carbons (Fsp3) is 0.571. The average molecular weight is 260 g/mol. The fourth-order valence-corrected chi connectivity index (χ4v) is 2.76. The minimum atomic E-state index is 0.314. The van der Waals surface area contributed by atoms with Crippen molar-refractivity contribution in [3.63, 3.8) is 0 Å². The number of likely N-dealkylation sites (tertiary alicyclic amines) is 1. The van der Waals surface area contributed by atoms with Crippen molar-refractivity contribution < 1.29 is 4.79 Å². The number of nitrogens with two attached hydrogens (primary N) is 2. The molecule has 1 saturated carbocycles. The third-order valence-electron chi connectivity index (χ3n) is 4.11. The molecule has 5 nitrogen and oxygen atoms in total. The molecule has 1 aromatic heterocycles. The van der Waals surface area contributed by atoms with E-state index in [1.165, 1.54) is 0 Å². The largest absolute Gasteiger partial charge is 0.397 e. The lowest BCUT2D eigenvalue weighted by Gasteiger charge is -2.16. The molecule has 2 fully saturated rings. The van der Waals surface area contributed by atoms with Crippen molar-refractivity contribution in [2.24, 2.45) is 11.8 Å². The number of nitrogen functional groups attached to an aromatic ring is 2. The second-order valence-corrected chi connectivity index (χ2v) is 5.68. The molecular weight excluding hydrogens is 240 g/mol. The van der Waals surface area contributed by atoms with Crippen LogP contribution in [0.4, 0.5) is 11.4 Å². The molecule has 0 radical (unpaired) electrons. The van der Waals surface area contributed by atoms with Crippen LogP contribution in [0.2, 0.25) is 0 Å². The van der Waals surface area contributed by atoms with E-state index in [4.69, 9.17) is 11.5 Å². The Balaban J connectivity index is 1.62. The molecule has 19 heavy (non-hydrogen) atoms. The van der Waals surface area contributed by atoms with Gasteiger partial charge in [-0.3, -0.25) is 9.78 Å². The van der Waals surface area contributed by atoms with Crippen LogP contribution in [0.15, 0.2) is 12.3 Å². The highest BCUT2D eigenvalue weighted by Gasteiger charge is 2.36. The molecule has 2 aliphatic rings. The molecule has 0 unspecified atom stereocenters. The highest BCUT2D eigenvalue weighted by Crippen LogP contribution is 2.33. The Morgan fingerprint density at radius 2 is 2.16 bits per heavy atom. The SMILES string of the molecule is Nc1ccnc(C[C@@H]2CCN(C(=O)C3CC3)C2)c1N. The van der Waals surface area contributed by atoms with Gasteiger partial charge < -0.3 is 16.4 Å². The second kappa shape index (κ2) is 4.72. The molecule has 5 heteroatoms. The molecule has 1 aliphatic carbocycles. The van der Waals surface area contributed by atoms with Crippen LogP contribution in [0.25, 0.3) is 0 Å². The Morgan fingerprint density at radius 1 is 1.37 bits per heavy atom. The van der Waals surface area contributed by atoms with Crippen LogP contribution in [0, 0.1) is 11.8 Å². The van der Waals surface area contributed by atoms with E-state index in [9.17, 15) is 4.79 Å². The maximum absolute atomic E-state index is 12.0. The topological polar surface area (TPSA) is 85.2 Å². The predicted molar refractivity (Wildman–Crippen MR) is 74.2 cm³/mol. The molecule has 0 bridgehead atoms. The summed E-state index contributed by atoms with van der Waals surface area (Å²) in [6, 6.07) is 1.72. The Kier molecular flexibility index (Phi) is 3.05. The van der Waals surface area contributed by atoms with Crippen LogP contribution >= 0.6 is 0 Å². The number of pyridine rings is 1. The van der Waals surface area contributed by atoms with Gasteiger partial charge in [0.05, 0.1) is 17.1 Å². The number of carbonyl (C=O) groups excluding carboxylic acids is 1. The molecule has 1 saturated heterocycles. The predicted octanol–water partition coefficient (Wildman–Crippen LogP) is 1.05. The van der Waals surface area contributed by atoms with Crippen LogP contribution in [0.1, 0.15) is 25.0 Å². The van der Waals surface area contributed by atoms with Crippen molar-refractivity contribution in [2.45, 2.75) is 25.7 Å². The van der Waals surface area contributed by atoms with Gasteiger partial charge in [0.2, 0.25) is 5.91 Å². The van der Waals surface area contributed by atoms with Gasteiger partial charge in [0, 0.05) is 25.2 Å². The van der Waals surface area contributed by atoms with Crippen molar-refractivity contribution >= 4 is 17.3 Å². The van der Waals surface area contributed by atoms with Gasteiger partial charge in [-0.05, 0) is 37.7 Å². The quantitative estimate of drug-likeness (QED) is 0.850. The number of amides is 1. The summed E-state index contributed by atoms with van der Waals surface area (Å²) in [6.45, 7) is 1.72. The summed E-state index contributed by atoms with van der Waals surface area (Å²) in [6.07, 6.45) is 5.69. The number of hydrogen-bond acceptors (Lipinski definition) is 4. The number of anilines is 2. The van der Waals surface area contributed by atoms with E-state index in [2.05, 4.69) is 4.98 Å². The van der Waals surface area contributed by atoms with E-state index in [1.54, 1.807) is 12.3 Å². The first-order valence-corrected chi connectivity index (χ1v) is 6.92. The summed E-state index contributed by atoms with van der Waals surface area (Å²) in [7, 11) is 0. The van der Waals surface area contributed by atoms with E-state index in [0.717, 1.165) is 44.5 Å². The number of aromatic nitrogens is 1. The average Bonchev–Trinajstić information content (AvgIpc) is 3.14. The summed E-state index contributed by atoms with van der Waals surface area (Å²) in [5, 5.41) is 0. The Morgan fingerprint density at radius 3 is 2.89 bits per heavy atom. The maximum atomic E-state index is 12.0. The third kappa shape index (κ3) is 2.50. The molecule has 1 aromatic rings. The van der Waals surface area contributed by atoms with Crippen LogP contribution < -0.4 is 11.5 Å². The number of hydrogen-bond donors (Lipinski definition) is 2. The summed E-state index contributed by atoms with van der Waals surface area (Å²) < 4.78 is 0. The van der Waals surface area contributed by atoms with Gasteiger partial charge in [0.1, 0.15) is 0 Å². The molecule has 1 aliphatic heterocycles. The van der Waals surface area contributed by atoms with E-state index in [1.807, 2.05) is 4.90 Å². The van der Waals surface area contributed by atoms with Crippen LogP contribution in [-0.4, -0.2) is 28.9 Å². The lowest BCUT2D eigenvalue weighted by atomic mass is 10.0. The monoisotopic (exact) mass is 260 g/mol. The first kappa shape index (κ1) is 12.3. The molecule has 3 rings (SSSR count). The number of carbonyl (C=O) groups is 1. The molecule has 2 heterocycles. The highest BCUT2D eigenvalue weighted by atomic mass is 16.2. The van der Waals surface area contributed by atoms with E-state index >= 15 is 0 Å². The molecule has 1 atom stereocenters. The first-order valence-electron chi connectivity index (χ1n) is 6.92. The van der Waals surface area contributed by atoms with Crippen LogP contribution in [0.3, 0.4) is 0 Å². The Bertz CT molecular complexity index is 498. The summed E-state index contributed by atoms with van der Waals surface area (Å²) in [4.78, 5) is 18.3. The second-order valence-electron chi connectivity index (χ2n) is 5.68. The first-order chi connectivity index (χ1) is 9.15. The standard InChI is InChI=1S/C14H20N4O/c15-11-3-5-17-12(13(11)16)7-9-4-6-18(8-9)14(19)10-1-2-10/h3,5,9-10H,1-2,4,6-8,16H2,(H2,15,17)/t9-/m0/s1. The van der Waals surface area contributed by atoms with E-state index in [0.29, 0.717) is 29.1 Å². The molecule has 102 valence electrons.